The maximum Gasteiger partial charge on any atom is 0.336 e. The molecule has 2 heterocycles. The van der Waals surface area contributed by atoms with E-state index < -0.39 is 16.8 Å². The van der Waals surface area contributed by atoms with Crippen molar-refractivity contribution in [3.05, 3.63) is 86.2 Å². The van der Waals surface area contributed by atoms with E-state index in [0.29, 0.717) is 34.8 Å². The van der Waals surface area contributed by atoms with Gasteiger partial charge in [-0.15, -0.1) is 0 Å². The van der Waals surface area contributed by atoms with Crippen LogP contribution < -0.4 is 14.8 Å². The van der Waals surface area contributed by atoms with Gasteiger partial charge in [0.2, 0.25) is 0 Å². The van der Waals surface area contributed by atoms with Gasteiger partial charge in [0.15, 0.2) is 11.5 Å². The highest BCUT2D eigenvalue weighted by atomic mass is 32.1. The van der Waals surface area contributed by atoms with Crippen molar-refractivity contribution in [3.8, 4) is 11.5 Å². The lowest BCUT2D eigenvalue weighted by atomic mass is 9.81. The highest BCUT2D eigenvalue weighted by Gasteiger charge is 2.37. The number of nitrogens with zero attached hydrogens (tertiary/aromatic N) is 3. The fourth-order valence-electron chi connectivity index (χ4n) is 4.89. The molecule has 0 aliphatic carbocycles. The van der Waals surface area contributed by atoms with Crippen molar-refractivity contribution in [1.29, 1.82) is 0 Å². The number of ether oxygens (including phenoxy) is 3. The Morgan fingerprint density at radius 2 is 1.88 bits per heavy atom. The SMILES string of the molecule is CCOC(=O)C1=C(C)Nc2snc(CCN(C)CCc3ccc(OC)c(OC)c3)c2C1c1cccc([N+](=O)[O-])c1. The average molecular weight is 567 g/mol. The summed E-state index contributed by atoms with van der Waals surface area (Å²) >= 11 is 1.34. The first-order valence-electron chi connectivity index (χ1n) is 13.0. The quantitative estimate of drug-likeness (QED) is 0.180. The van der Waals surface area contributed by atoms with Gasteiger partial charge >= 0.3 is 5.97 Å². The molecule has 10 nitrogen and oxygen atoms in total. The van der Waals surface area contributed by atoms with E-state index in [-0.39, 0.29) is 12.3 Å². The first-order chi connectivity index (χ1) is 19.3. The van der Waals surface area contributed by atoms with Crippen LogP contribution in [-0.2, 0) is 22.4 Å². The van der Waals surface area contributed by atoms with Crippen LogP contribution in [0, 0.1) is 10.1 Å². The number of allylic oxidation sites excluding steroid dienone is 1. The molecule has 0 fully saturated rings. The zero-order chi connectivity index (χ0) is 28.8. The number of non-ortho nitro benzene ring substituents is 1. The van der Waals surface area contributed by atoms with Crippen LogP contribution in [0.3, 0.4) is 0 Å². The molecule has 1 aromatic heterocycles. The minimum Gasteiger partial charge on any atom is -0.493 e. The first-order valence-corrected chi connectivity index (χ1v) is 13.8. The second-order valence-electron chi connectivity index (χ2n) is 9.53. The van der Waals surface area contributed by atoms with E-state index in [2.05, 4.69) is 17.3 Å². The summed E-state index contributed by atoms with van der Waals surface area (Å²) in [6.07, 6.45) is 1.48. The van der Waals surface area contributed by atoms with Crippen LogP contribution in [0.1, 0.15) is 42.1 Å². The Balaban J connectivity index is 1.57. The van der Waals surface area contributed by atoms with Crippen molar-refractivity contribution in [2.75, 3.05) is 46.3 Å². The van der Waals surface area contributed by atoms with Crippen molar-refractivity contribution >= 4 is 28.2 Å². The molecule has 0 amide bonds. The standard InChI is InChI=1S/C29H34N4O6S/c1-6-39-29(34)25-18(2)30-28-27(26(25)20-8-7-9-21(17-20)33(35)36)22(31-40-28)13-15-32(3)14-12-19-10-11-23(37-4)24(16-19)38-5/h7-11,16-17,26,30H,6,12-15H2,1-5H3. The Morgan fingerprint density at radius 1 is 1.12 bits per heavy atom. The zero-order valence-corrected chi connectivity index (χ0v) is 24.2. The molecule has 0 saturated carbocycles. The van der Waals surface area contributed by atoms with Crippen LogP contribution in [0.15, 0.2) is 53.7 Å². The third kappa shape index (κ3) is 6.26. The van der Waals surface area contributed by atoms with Crippen LogP contribution in [0.2, 0.25) is 0 Å². The Hall–Kier alpha value is -3.96. The molecule has 1 atom stereocenters. The number of hydrogen-bond acceptors (Lipinski definition) is 10. The summed E-state index contributed by atoms with van der Waals surface area (Å²) in [7, 11) is 5.31. The van der Waals surface area contributed by atoms with Gasteiger partial charge < -0.3 is 24.4 Å². The monoisotopic (exact) mass is 566 g/mol. The van der Waals surface area contributed by atoms with Crippen molar-refractivity contribution in [1.82, 2.24) is 9.27 Å². The fraction of sp³-hybridized carbons (Fsp3) is 0.379. The molecule has 0 saturated heterocycles. The number of esters is 1. The lowest BCUT2D eigenvalue weighted by molar-refractivity contribution is -0.384. The number of nitrogens with one attached hydrogen (secondary N) is 1. The summed E-state index contributed by atoms with van der Waals surface area (Å²) in [5, 5.41) is 15.7. The van der Waals surface area contributed by atoms with Crippen LogP contribution >= 0.6 is 11.5 Å². The molecule has 1 aliphatic rings. The third-order valence-electron chi connectivity index (χ3n) is 6.96. The normalized spacial score (nSPS) is 14.5. The Kier molecular flexibility index (Phi) is 9.38. The molecule has 1 unspecified atom stereocenters. The van der Waals surface area contributed by atoms with Crippen molar-refractivity contribution in [2.45, 2.75) is 32.6 Å². The molecule has 3 aromatic rings. The van der Waals surface area contributed by atoms with Gasteiger partial charge in [-0.05, 0) is 62.1 Å². The summed E-state index contributed by atoms with van der Waals surface area (Å²) in [4.78, 5) is 26.5. The van der Waals surface area contributed by atoms with E-state index in [1.807, 2.05) is 31.2 Å². The molecule has 4 rings (SSSR count). The van der Waals surface area contributed by atoms with E-state index in [1.165, 1.54) is 23.7 Å². The Morgan fingerprint density at radius 3 is 2.58 bits per heavy atom. The van der Waals surface area contributed by atoms with Crippen molar-refractivity contribution in [2.24, 2.45) is 0 Å². The average Bonchev–Trinajstić information content (AvgIpc) is 3.36. The number of nitro benzene ring substituents is 1. The van der Waals surface area contributed by atoms with Gasteiger partial charge in [0.25, 0.3) is 5.69 Å². The molecule has 40 heavy (non-hydrogen) atoms. The highest BCUT2D eigenvalue weighted by Crippen LogP contribution is 2.46. The van der Waals surface area contributed by atoms with E-state index in [9.17, 15) is 14.9 Å². The van der Waals surface area contributed by atoms with Gasteiger partial charge in [0, 0.05) is 48.8 Å². The largest absolute Gasteiger partial charge is 0.493 e. The summed E-state index contributed by atoms with van der Waals surface area (Å²) < 4.78 is 20.9. The number of methoxy groups -OCH3 is 2. The number of anilines is 1. The maximum absolute atomic E-state index is 13.1. The highest BCUT2D eigenvalue weighted by molar-refractivity contribution is 7.10. The van der Waals surface area contributed by atoms with Crippen LogP contribution in [0.5, 0.6) is 11.5 Å². The predicted molar refractivity (Wildman–Crippen MR) is 154 cm³/mol. The summed E-state index contributed by atoms with van der Waals surface area (Å²) in [5.41, 5.74) is 4.59. The van der Waals surface area contributed by atoms with Gasteiger partial charge in [0.05, 0.1) is 37.0 Å². The molecular formula is C29H34N4O6S. The smallest absolute Gasteiger partial charge is 0.336 e. The van der Waals surface area contributed by atoms with Gasteiger partial charge in [-0.1, -0.05) is 18.2 Å². The predicted octanol–water partition coefficient (Wildman–Crippen LogP) is 5.18. The van der Waals surface area contributed by atoms with Gasteiger partial charge in [0.1, 0.15) is 5.00 Å². The second-order valence-corrected chi connectivity index (χ2v) is 10.3. The number of nitro groups is 1. The second kappa shape index (κ2) is 12.9. The van der Waals surface area contributed by atoms with E-state index in [1.54, 1.807) is 27.2 Å². The summed E-state index contributed by atoms with van der Waals surface area (Å²) in [6, 6.07) is 12.4. The number of rotatable bonds is 12. The first kappa shape index (κ1) is 29.0. The molecule has 1 aliphatic heterocycles. The number of carbonyl (C=O) groups is 1. The number of fused-ring (bicyclic) bond motifs is 1. The zero-order valence-electron chi connectivity index (χ0n) is 23.4. The topological polar surface area (TPSA) is 116 Å². The third-order valence-corrected chi connectivity index (χ3v) is 7.77. The van der Waals surface area contributed by atoms with Crippen LogP contribution in [-0.4, -0.2) is 61.1 Å². The van der Waals surface area contributed by atoms with Crippen LogP contribution in [0.25, 0.3) is 0 Å². The Labute approximate surface area is 237 Å². The molecule has 0 spiro atoms. The van der Waals surface area contributed by atoms with Crippen molar-refractivity contribution in [3.63, 3.8) is 0 Å². The molecule has 212 valence electrons. The summed E-state index contributed by atoms with van der Waals surface area (Å²) in [5.74, 6) is 0.434. The Bertz CT molecular complexity index is 1420. The van der Waals surface area contributed by atoms with Crippen molar-refractivity contribution < 1.29 is 23.9 Å². The number of aromatic nitrogens is 1. The maximum atomic E-state index is 13.1. The number of hydrogen-bond donors (Lipinski definition) is 1. The lowest BCUT2D eigenvalue weighted by Crippen LogP contribution is -2.26. The summed E-state index contributed by atoms with van der Waals surface area (Å²) in [6.45, 7) is 5.36. The fourth-order valence-corrected chi connectivity index (χ4v) is 5.82. The molecule has 1 N–H and O–H groups in total. The van der Waals surface area contributed by atoms with E-state index in [4.69, 9.17) is 18.6 Å². The number of benzene rings is 2. The van der Waals surface area contributed by atoms with Crippen LogP contribution in [0.4, 0.5) is 10.7 Å². The molecule has 2 aromatic carbocycles. The molecular weight excluding hydrogens is 532 g/mol. The lowest BCUT2D eigenvalue weighted by Gasteiger charge is -2.28. The molecule has 0 radical (unpaired) electrons. The molecule has 11 heteroatoms. The van der Waals surface area contributed by atoms with Gasteiger partial charge in [-0.3, -0.25) is 10.1 Å². The minimum absolute atomic E-state index is 0.0296. The van der Waals surface area contributed by atoms with Gasteiger partial charge in [-0.25, -0.2) is 4.79 Å². The van der Waals surface area contributed by atoms with E-state index in [0.717, 1.165) is 41.3 Å². The number of likely N-dealkylation sites (N-methyl/N-ethyl adjacent to an activating group) is 1. The van der Waals surface area contributed by atoms with Gasteiger partial charge in [-0.2, -0.15) is 4.37 Å². The molecule has 0 bridgehead atoms. The minimum atomic E-state index is -0.527. The van der Waals surface area contributed by atoms with E-state index >= 15 is 0 Å². The number of carbonyl (C=O) groups excluding carboxylic acids is 1.